The molecule has 1 unspecified atom stereocenters. The number of hydrogen-bond acceptors (Lipinski definition) is 4. The van der Waals surface area contributed by atoms with Gasteiger partial charge in [0.2, 0.25) is 11.8 Å². The molecule has 0 saturated carbocycles. The lowest BCUT2D eigenvalue weighted by Crippen LogP contribution is -2.51. The highest BCUT2D eigenvalue weighted by atomic mass is 127. The van der Waals surface area contributed by atoms with Crippen molar-refractivity contribution in [2.75, 3.05) is 44.2 Å². The Bertz CT molecular complexity index is 1320. The number of amides is 2. The van der Waals surface area contributed by atoms with Gasteiger partial charge in [-0.25, -0.2) is 8.78 Å². The van der Waals surface area contributed by atoms with Gasteiger partial charge in [0.25, 0.3) is 0 Å². The Balaban J connectivity index is 1.56. The predicted molar refractivity (Wildman–Crippen MR) is 173 cm³/mol. The molecule has 0 spiro atoms. The summed E-state index contributed by atoms with van der Waals surface area (Å²) < 4.78 is 28.5. The van der Waals surface area contributed by atoms with Crippen molar-refractivity contribution < 1.29 is 18.4 Å². The Morgan fingerprint density at radius 3 is 2.14 bits per heavy atom. The summed E-state index contributed by atoms with van der Waals surface area (Å²) in [6.07, 6.45) is 0. The first kappa shape index (κ1) is 32.6. The zero-order valence-electron chi connectivity index (χ0n) is 26.2. The van der Waals surface area contributed by atoms with E-state index in [1.54, 1.807) is 6.92 Å². The van der Waals surface area contributed by atoms with Gasteiger partial charge in [-0.2, -0.15) is 0 Å². The molecule has 2 saturated heterocycles. The zero-order valence-corrected chi connectivity index (χ0v) is 28.3. The molecule has 0 aliphatic carbocycles. The van der Waals surface area contributed by atoms with Crippen LogP contribution in [-0.2, 0) is 9.59 Å². The molecule has 2 aromatic carbocycles. The van der Waals surface area contributed by atoms with Crippen molar-refractivity contribution in [3.05, 3.63) is 64.2 Å². The number of alkyl halides is 1. The summed E-state index contributed by atoms with van der Waals surface area (Å²) >= 11 is 2.36. The molecule has 42 heavy (non-hydrogen) atoms. The minimum atomic E-state index is -0.612. The predicted octanol–water partition coefficient (Wildman–Crippen LogP) is 6.43. The number of nitrogens with zero attached hydrogens (tertiary/aromatic N) is 4. The van der Waals surface area contributed by atoms with E-state index in [4.69, 9.17) is 0 Å². The average molecular weight is 695 g/mol. The van der Waals surface area contributed by atoms with Crippen LogP contribution in [0.4, 0.5) is 14.5 Å². The lowest BCUT2D eigenvalue weighted by molar-refractivity contribution is -0.136. The monoisotopic (exact) mass is 694 g/mol. The summed E-state index contributed by atoms with van der Waals surface area (Å²) in [5.41, 5.74) is 5.00. The number of hydrogen-bond donors (Lipinski definition) is 0. The van der Waals surface area contributed by atoms with E-state index in [1.807, 2.05) is 23.6 Å². The average Bonchev–Trinajstić information content (AvgIpc) is 3.35. The number of rotatable bonds is 7. The topological polar surface area (TPSA) is 47.1 Å². The van der Waals surface area contributed by atoms with Crippen LogP contribution in [0, 0.1) is 31.4 Å². The second-order valence-electron chi connectivity index (χ2n) is 12.7. The molecule has 2 heterocycles. The largest absolute Gasteiger partial charge is 0.368 e. The van der Waals surface area contributed by atoms with Crippen molar-refractivity contribution in [2.24, 2.45) is 5.92 Å². The van der Waals surface area contributed by atoms with Crippen LogP contribution in [0.3, 0.4) is 0 Å². The van der Waals surface area contributed by atoms with Gasteiger partial charge in [0.05, 0.1) is 15.5 Å². The molecule has 0 radical (unpaired) electrons. The minimum Gasteiger partial charge on any atom is -0.368 e. The van der Waals surface area contributed by atoms with Crippen molar-refractivity contribution in [3.8, 4) is 0 Å². The summed E-state index contributed by atoms with van der Waals surface area (Å²) in [5, 5.41) is 0. The van der Waals surface area contributed by atoms with Crippen LogP contribution < -0.4 is 4.90 Å². The Morgan fingerprint density at radius 2 is 1.60 bits per heavy atom. The third-order valence-corrected chi connectivity index (χ3v) is 9.80. The number of halogens is 3. The van der Waals surface area contributed by atoms with E-state index in [9.17, 15) is 18.4 Å². The van der Waals surface area contributed by atoms with E-state index in [0.717, 1.165) is 17.3 Å². The third-order valence-electron chi connectivity index (χ3n) is 9.11. The highest BCUT2D eigenvalue weighted by Crippen LogP contribution is 2.41. The highest BCUT2D eigenvalue weighted by molar-refractivity contribution is 14.1. The molecule has 9 heteroatoms. The minimum absolute atomic E-state index is 0.0303. The summed E-state index contributed by atoms with van der Waals surface area (Å²) in [5.74, 6) is -1.87. The van der Waals surface area contributed by atoms with Gasteiger partial charge < -0.3 is 14.7 Å². The zero-order chi connectivity index (χ0) is 31.1. The molecule has 2 amide bonds. The van der Waals surface area contributed by atoms with Crippen LogP contribution in [0.1, 0.15) is 75.8 Å². The fourth-order valence-electron chi connectivity index (χ4n) is 6.67. The van der Waals surface area contributed by atoms with Gasteiger partial charge in [-0.1, -0.05) is 34.7 Å². The fourth-order valence-corrected chi connectivity index (χ4v) is 7.07. The maximum Gasteiger partial charge on any atom is 0.227 e. The van der Waals surface area contributed by atoms with E-state index in [2.05, 4.69) is 79.1 Å². The molecule has 6 nitrogen and oxygen atoms in total. The molecule has 0 aromatic heterocycles. The molecule has 2 aliphatic rings. The van der Waals surface area contributed by atoms with Crippen molar-refractivity contribution >= 4 is 40.1 Å². The molecule has 2 fully saturated rings. The van der Waals surface area contributed by atoms with Crippen LogP contribution >= 0.6 is 22.6 Å². The van der Waals surface area contributed by atoms with Gasteiger partial charge >= 0.3 is 0 Å². The molecule has 0 bridgehead atoms. The molecule has 0 N–H and O–H groups in total. The molecule has 2 aromatic rings. The van der Waals surface area contributed by atoms with Crippen molar-refractivity contribution in [1.82, 2.24) is 14.7 Å². The number of likely N-dealkylation sites (tertiary alicyclic amines) is 1. The first-order chi connectivity index (χ1) is 19.6. The Labute approximate surface area is 263 Å². The van der Waals surface area contributed by atoms with Gasteiger partial charge in [0, 0.05) is 69.9 Å². The molecule has 3 atom stereocenters. The molecule has 230 valence electrons. The Kier molecular flexibility index (Phi) is 9.92. The van der Waals surface area contributed by atoms with Crippen LogP contribution in [0.15, 0.2) is 30.3 Å². The van der Waals surface area contributed by atoms with Crippen molar-refractivity contribution in [1.29, 1.82) is 0 Å². The first-order valence-corrected chi connectivity index (χ1v) is 16.0. The van der Waals surface area contributed by atoms with Gasteiger partial charge in [0.1, 0.15) is 11.6 Å². The maximum absolute atomic E-state index is 14.9. The first-order valence-electron chi connectivity index (χ1n) is 14.9. The number of piperazine rings is 1. The smallest absolute Gasteiger partial charge is 0.227 e. The van der Waals surface area contributed by atoms with Crippen molar-refractivity contribution in [2.45, 2.75) is 76.9 Å². The van der Waals surface area contributed by atoms with Crippen LogP contribution in [0.25, 0.3) is 0 Å². The van der Waals surface area contributed by atoms with Gasteiger partial charge in [0.15, 0.2) is 0 Å². The second-order valence-corrected chi connectivity index (χ2v) is 15.3. The molecular formula is C33H45F2IN4O2. The lowest BCUT2D eigenvalue weighted by atomic mass is 9.87. The summed E-state index contributed by atoms with van der Waals surface area (Å²) in [7, 11) is 0. The third kappa shape index (κ3) is 6.77. The summed E-state index contributed by atoms with van der Waals surface area (Å²) in [6, 6.07) is 8.09. The van der Waals surface area contributed by atoms with Gasteiger partial charge in [-0.05, 0) is 82.9 Å². The van der Waals surface area contributed by atoms with E-state index in [-0.39, 0.29) is 33.4 Å². The molecular weight excluding hydrogens is 649 g/mol. The number of carbonyl (C=O) groups excluding carboxylic acids is 2. The number of carbonyl (C=O) groups is 2. The van der Waals surface area contributed by atoms with Crippen LogP contribution in [-0.4, -0.2) is 75.4 Å². The van der Waals surface area contributed by atoms with Crippen LogP contribution in [0.2, 0.25) is 0 Å². The van der Waals surface area contributed by atoms with Gasteiger partial charge in [-0.15, -0.1) is 0 Å². The fraction of sp³-hybridized carbons (Fsp3) is 0.576. The Morgan fingerprint density at radius 1 is 0.976 bits per heavy atom. The van der Waals surface area contributed by atoms with Crippen LogP contribution in [0.5, 0.6) is 0 Å². The highest BCUT2D eigenvalue weighted by Gasteiger charge is 2.45. The number of benzene rings is 2. The number of aryl methyl sites for hydroxylation is 2. The lowest BCUT2D eigenvalue weighted by Gasteiger charge is -2.41. The van der Waals surface area contributed by atoms with E-state index in [0.29, 0.717) is 44.8 Å². The second kappa shape index (κ2) is 12.8. The van der Waals surface area contributed by atoms with E-state index in [1.165, 1.54) is 23.3 Å². The summed E-state index contributed by atoms with van der Waals surface area (Å²) in [4.78, 5) is 35.0. The molecule has 4 rings (SSSR count). The summed E-state index contributed by atoms with van der Waals surface area (Å²) in [6.45, 7) is 19.7. The maximum atomic E-state index is 14.9. The van der Waals surface area contributed by atoms with Crippen molar-refractivity contribution in [3.63, 3.8) is 0 Å². The Hall–Kier alpha value is -2.27. The SMILES string of the molecule is CC(=O)N(C(C)C)C(C)c1cc(C)c(C)cc1N1CCN(C(=O)[C@@H]2CN(C(C)(C)I)C[C@H]2c2ccc(F)cc2F)CC1. The number of anilines is 1. The van der Waals surface area contributed by atoms with E-state index >= 15 is 0 Å². The normalized spacial score (nSPS) is 20.8. The standard InChI is InChI=1S/C33H45F2IN4O2/c1-20(2)40(24(6)41)23(5)27-15-21(3)22(4)16-31(27)37-11-13-38(14-12-37)32(42)29-19-39(33(7,8)36)18-28(29)26-10-9-25(34)17-30(26)35/h9-10,15-17,20,23,28-29H,11-14,18-19H2,1-8H3/t23?,28-,29+/m0/s1. The van der Waals surface area contributed by atoms with E-state index < -0.39 is 17.6 Å². The quantitative estimate of drug-likeness (QED) is 0.191. The van der Waals surface area contributed by atoms with Gasteiger partial charge in [-0.3, -0.25) is 14.5 Å². The molecule has 2 aliphatic heterocycles.